The Bertz CT molecular complexity index is 523. The van der Waals surface area contributed by atoms with Crippen molar-refractivity contribution < 1.29 is 0 Å². The molecule has 0 spiro atoms. The van der Waals surface area contributed by atoms with Crippen LogP contribution in [0.5, 0.6) is 0 Å². The maximum Gasteiger partial charge on any atom is 0.0959 e. The van der Waals surface area contributed by atoms with Gasteiger partial charge in [-0.25, -0.2) is 4.98 Å². The molecule has 1 saturated heterocycles. The zero-order valence-corrected chi connectivity index (χ0v) is 11.0. The Hall–Kier alpha value is -1.20. The minimum atomic E-state index is 0.557. The molecule has 94 valence electrons. The van der Waals surface area contributed by atoms with Gasteiger partial charge >= 0.3 is 0 Å². The minimum absolute atomic E-state index is 0.557. The maximum absolute atomic E-state index is 4.74. The van der Waals surface area contributed by atoms with E-state index in [0.717, 1.165) is 25.6 Å². The minimum Gasteiger partial charge on any atom is -0.293 e. The lowest BCUT2D eigenvalue weighted by atomic mass is 10.1. The summed E-state index contributed by atoms with van der Waals surface area (Å²) >= 11 is 1.84. The molecule has 2 aliphatic rings. The molecule has 0 N–H and O–H groups in total. The Morgan fingerprint density at radius 3 is 2.94 bits per heavy atom. The van der Waals surface area contributed by atoms with Gasteiger partial charge in [-0.05, 0) is 18.9 Å². The van der Waals surface area contributed by atoms with Gasteiger partial charge in [0.05, 0.1) is 16.7 Å². The molecule has 4 rings (SSSR count). The van der Waals surface area contributed by atoms with E-state index in [1.165, 1.54) is 23.5 Å². The van der Waals surface area contributed by atoms with Gasteiger partial charge in [-0.2, -0.15) is 5.10 Å². The van der Waals surface area contributed by atoms with E-state index in [0.29, 0.717) is 6.04 Å². The molecule has 0 atom stereocenters. The van der Waals surface area contributed by atoms with Gasteiger partial charge in [-0.3, -0.25) is 9.58 Å². The number of aromatic nitrogens is 3. The van der Waals surface area contributed by atoms with Gasteiger partial charge < -0.3 is 0 Å². The molecule has 0 amide bonds. The second-order valence-corrected chi connectivity index (χ2v) is 6.18. The molecule has 0 bridgehead atoms. The van der Waals surface area contributed by atoms with E-state index in [2.05, 4.69) is 26.3 Å². The van der Waals surface area contributed by atoms with Crippen LogP contribution in [0.3, 0.4) is 0 Å². The summed E-state index contributed by atoms with van der Waals surface area (Å²) in [6, 6.07) is 2.55. The lowest BCUT2D eigenvalue weighted by Gasteiger charge is -2.38. The van der Waals surface area contributed by atoms with Crippen molar-refractivity contribution in [2.24, 2.45) is 0 Å². The highest BCUT2D eigenvalue weighted by atomic mass is 32.1. The standard InChI is InChI=1S/C13H16N4S/c1-4-14-17(5-1)12-7-16(8-12)6-11-9-18-13(15-11)10-2-3-10/h1,4-5,9-10,12H,2-3,6-8H2. The van der Waals surface area contributed by atoms with Crippen molar-refractivity contribution >= 4 is 11.3 Å². The van der Waals surface area contributed by atoms with Crippen LogP contribution in [0.25, 0.3) is 0 Å². The number of hydrogen-bond donors (Lipinski definition) is 0. The van der Waals surface area contributed by atoms with E-state index < -0.39 is 0 Å². The molecule has 3 heterocycles. The Kier molecular flexibility index (Phi) is 2.48. The van der Waals surface area contributed by atoms with Gasteiger partial charge in [0, 0.05) is 43.3 Å². The monoisotopic (exact) mass is 260 g/mol. The van der Waals surface area contributed by atoms with E-state index in [-0.39, 0.29) is 0 Å². The zero-order valence-electron chi connectivity index (χ0n) is 10.2. The highest BCUT2D eigenvalue weighted by Crippen LogP contribution is 2.41. The molecule has 1 saturated carbocycles. The van der Waals surface area contributed by atoms with Crippen LogP contribution in [-0.2, 0) is 6.54 Å². The van der Waals surface area contributed by atoms with Crippen molar-refractivity contribution in [3.8, 4) is 0 Å². The third kappa shape index (κ3) is 1.97. The highest BCUT2D eigenvalue weighted by Gasteiger charge is 2.30. The average molecular weight is 260 g/mol. The van der Waals surface area contributed by atoms with Crippen LogP contribution < -0.4 is 0 Å². The number of thiazole rings is 1. The molecular formula is C13H16N4S. The van der Waals surface area contributed by atoms with Crippen LogP contribution >= 0.6 is 11.3 Å². The van der Waals surface area contributed by atoms with Crippen LogP contribution in [-0.4, -0.2) is 32.8 Å². The molecule has 4 nitrogen and oxygen atoms in total. The van der Waals surface area contributed by atoms with Crippen molar-refractivity contribution in [2.45, 2.75) is 31.3 Å². The van der Waals surface area contributed by atoms with E-state index in [1.807, 2.05) is 23.6 Å². The average Bonchev–Trinajstić information content (AvgIpc) is 2.87. The molecule has 0 aromatic carbocycles. The first-order chi connectivity index (χ1) is 8.88. The molecular weight excluding hydrogens is 244 g/mol. The first-order valence-corrected chi connectivity index (χ1v) is 7.42. The number of hydrogen-bond acceptors (Lipinski definition) is 4. The van der Waals surface area contributed by atoms with E-state index in [4.69, 9.17) is 4.98 Å². The summed E-state index contributed by atoms with van der Waals surface area (Å²) in [6.07, 6.45) is 6.59. The van der Waals surface area contributed by atoms with E-state index in [9.17, 15) is 0 Å². The Morgan fingerprint density at radius 1 is 1.33 bits per heavy atom. The Labute approximate surface area is 110 Å². The number of nitrogens with zero attached hydrogens (tertiary/aromatic N) is 4. The number of rotatable bonds is 4. The van der Waals surface area contributed by atoms with Gasteiger partial charge in [0.1, 0.15) is 0 Å². The molecule has 0 radical (unpaired) electrons. The molecule has 5 heteroatoms. The van der Waals surface area contributed by atoms with Crippen molar-refractivity contribution in [1.29, 1.82) is 0 Å². The first kappa shape index (κ1) is 10.7. The van der Waals surface area contributed by atoms with Crippen molar-refractivity contribution in [3.05, 3.63) is 34.5 Å². The third-order valence-electron chi connectivity index (χ3n) is 3.72. The second-order valence-electron chi connectivity index (χ2n) is 5.29. The Morgan fingerprint density at radius 2 is 2.22 bits per heavy atom. The summed E-state index contributed by atoms with van der Waals surface area (Å²) in [5, 5.41) is 7.88. The normalized spacial score (nSPS) is 21.1. The number of likely N-dealkylation sites (tertiary alicyclic amines) is 1. The van der Waals surface area contributed by atoms with Crippen LogP contribution in [0, 0.1) is 0 Å². The highest BCUT2D eigenvalue weighted by molar-refractivity contribution is 7.09. The van der Waals surface area contributed by atoms with Crippen LogP contribution in [0.2, 0.25) is 0 Å². The lowest BCUT2D eigenvalue weighted by Crippen LogP contribution is -2.47. The summed E-state index contributed by atoms with van der Waals surface area (Å²) in [6.45, 7) is 3.19. The first-order valence-electron chi connectivity index (χ1n) is 6.54. The van der Waals surface area contributed by atoms with Gasteiger partial charge in [-0.15, -0.1) is 11.3 Å². The van der Waals surface area contributed by atoms with Gasteiger partial charge in [-0.1, -0.05) is 0 Å². The summed E-state index contributed by atoms with van der Waals surface area (Å²) in [5.41, 5.74) is 1.25. The quantitative estimate of drug-likeness (QED) is 0.845. The largest absolute Gasteiger partial charge is 0.293 e. The molecule has 1 aliphatic carbocycles. The van der Waals surface area contributed by atoms with Crippen molar-refractivity contribution in [1.82, 2.24) is 19.7 Å². The predicted molar refractivity (Wildman–Crippen MR) is 70.6 cm³/mol. The fourth-order valence-corrected chi connectivity index (χ4v) is 3.46. The van der Waals surface area contributed by atoms with E-state index >= 15 is 0 Å². The Balaban J connectivity index is 1.33. The predicted octanol–water partition coefficient (Wildman–Crippen LogP) is 2.27. The fraction of sp³-hybridized carbons (Fsp3) is 0.538. The fourth-order valence-electron chi connectivity index (χ4n) is 2.48. The van der Waals surface area contributed by atoms with Crippen molar-refractivity contribution in [3.63, 3.8) is 0 Å². The summed E-state index contributed by atoms with van der Waals surface area (Å²) in [7, 11) is 0. The molecule has 2 aromatic rings. The molecule has 2 aromatic heterocycles. The third-order valence-corrected chi connectivity index (χ3v) is 4.77. The summed E-state index contributed by atoms with van der Waals surface area (Å²) in [4.78, 5) is 7.18. The maximum atomic E-state index is 4.74. The van der Waals surface area contributed by atoms with Crippen LogP contribution in [0.15, 0.2) is 23.8 Å². The topological polar surface area (TPSA) is 34.0 Å². The summed E-state index contributed by atoms with van der Waals surface area (Å²) in [5.74, 6) is 0.789. The SMILES string of the molecule is c1cnn(C2CN(Cc3csc(C4CC4)n3)C2)c1. The van der Waals surface area contributed by atoms with Gasteiger partial charge in [0.25, 0.3) is 0 Å². The van der Waals surface area contributed by atoms with E-state index in [1.54, 1.807) is 0 Å². The molecule has 2 fully saturated rings. The van der Waals surface area contributed by atoms with Crippen LogP contribution in [0.1, 0.15) is 35.5 Å². The van der Waals surface area contributed by atoms with Crippen LogP contribution in [0.4, 0.5) is 0 Å². The van der Waals surface area contributed by atoms with Crippen molar-refractivity contribution in [2.75, 3.05) is 13.1 Å². The molecule has 0 unspecified atom stereocenters. The van der Waals surface area contributed by atoms with Gasteiger partial charge in [0.15, 0.2) is 0 Å². The zero-order chi connectivity index (χ0) is 11.9. The smallest absolute Gasteiger partial charge is 0.0959 e. The molecule has 1 aliphatic heterocycles. The molecule has 18 heavy (non-hydrogen) atoms. The summed E-state index contributed by atoms with van der Waals surface area (Å²) < 4.78 is 2.06. The van der Waals surface area contributed by atoms with Gasteiger partial charge in [0.2, 0.25) is 0 Å². The lowest BCUT2D eigenvalue weighted by molar-refractivity contribution is 0.0897. The second kappa shape index (κ2) is 4.17.